The van der Waals surface area contributed by atoms with Gasteiger partial charge in [-0.25, -0.2) is 0 Å². The van der Waals surface area contributed by atoms with Crippen molar-refractivity contribution in [2.45, 2.75) is 13.5 Å². The third-order valence-electron chi connectivity index (χ3n) is 5.36. The predicted octanol–water partition coefficient (Wildman–Crippen LogP) is 4.75. The van der Waals surface area contributed by atoms with Crippen molar-refractivity contribution in [1.29, 1.82) is 0 Å². The first-order valence-electron chi connectivity index (χ1n) is 9.94. The third kappa shape index (κ3) is 3.64. The zero-order valence-corrected chi connectivity index (χ0v) is 17.6. The van der Waals surface area contributed by atoms with Crippen molar-refractivity contribution in [3.05, 3.63) is 90.2 Å². The maximum atomic E-state index is 12.3. The van der Waals surface area contributed by atoms with Gasteiger partial charge in [-0.3, -0.25) is 9.59 Å². The van der Waals surface area contributed by atoms with Gasteiger partial charge in [0.2, 0.25) is 5.91 Å². The lowest BCUT2D eigenvalue weighted by Crippen LogP contribution is -2.07. The van der Waals surface area contributed by atoms with Gasteiger partial charge in [0.25, 0.3) is 5.56 Å². The number of aromatic nitrogens is 3. The number of hydrogen-bond donors (Lipinski definition) is 2. The van der Waals surface area contributed by atoms with Gasteiger partial charge in [0.05, 0.1) is 11.2 Å². The van der Waals surface area contributed by atoms with Crippen LogP contribution >= 0.6 is 0 Å². The number of nitrogens with zero attached hydrogens (tertiary/aromatic N) is 2. The van der Waals surface area contributed by atoms with Crippen LogP contribution < -0.4 is 10.9 Å². The van der Waals surface area contributed by atoms with E-state index in [0.29, 0.717) is 12.1 Å². The fraction of sp³-hybridized carbons (Fsp3) is 0.120. The van der Waals surface area contributed by atoms with E-state index in [-0.39, 0.29) is 11.5 Å². The molecule has 0 aliphatic carbocycles. The first-order valence-corrected chi connectivity index (χ1v) is 9.94. The quantitative estimate of drug-likeness (QED) is 0.449. The Hall–Kier alpha value is -4.06. The van der Waals surface area contributed by atoms with Crippen molar-refractivity contribution in [3.8, 4) is 11.1 Å². The smallest absolute Gasteiger partial charge is 0.272 e. The van der Waals surface area contributed by atoms with Crippen LogP contribution in [0, 0.1) is 0 Å². The Kier molecular flexibility index (Phi) is 5.21. The molecule has 0 saturated carbocycles. The summed E-state index contributed by atoms with van der Waals surface area (Å²) in [6.45, 7) is 9.77. The van der Waals surface area contributed by atoms with Crippen molar-refractivity contribution in [1.82, 2.24) is 14.1 Å². The second-order valence-corrected chi connectivity index (χ2v) is 7.49. The maximum absolute atomic E-state index is 12.3. The van der Waals surface area contributed by atoms with Gasteiger partial charge < -0.3 is 19.4 Å². The first-order chi connectivity index (χ1) is 14.9. The lowest BCUT2D eigenvalue weighted by molar-refractivity contribution is -0.114. The minimum atomic E-state index is -0.140. The highest BCUT2D eigenvalue weighted by atomic mass is 16.1. The maximum Gasteiger partial charge on any atom is 0.272 e. The molecule has 0 saturated heterocycles. The van der Waals surface area contributed by atoms with Crippen molar-refractivity contribution >= 4 is 33.4 Å². The number of carbonyl (C=O) groups is 1. The number of aromatic amines is 1. The number of carbonyl (C=O) groups excluding carboxylic acids is 1. The van der Waals surface area contributed by atoms with E-state index in [9.17, 15) is 9.59 Å². The molecule has 6 heteroatoms. The topological polar surface area (TPSA) is 71.8 Å². The summed E-state index contributed by atoms with van der Waals surface area (Å²) in [5.74, 6) is -0.140. The second kappa shape index (κ2) is 7.99. The van der Waals surface area contributed by atoms with Crippen LogP contribution in [0.3, 0.4) is 0 Å². The number of H-pyrrole nitrogens is 1. The van der Waals surface area contributed by atoms with Crippen molar-refractivity contribution in [2.75, 3.05) is 5.32 Å². The number of rotatable bonds is 6. The fourth-order valence-electron chi connectivity index (χ4n) is 4.01. The standard InChI is InChI=1S/C25H24N4O2/c1-5-7-17(6-2)14-29-11-9-20-22(27-16(3)30)12-18(13-23(20)29)21-15-28(4)24-19(21)8-10-26-25(24)31/h5-13,15H,1-2,14H2,3-4H3,(H,26,31)(H,27,30)/b17-7+. The minimum absolute atomic E-state index is 0.136. The molecular formula is C25H24N4O2. The van der Waals surface area contributed by atoms with E-state index >= 15 is 0 Å². The van der Waals surface area contributed by atoms with Crippen molar-refractivity contribution < 1.29 is 4.79 Å². The molecule has 0 spiro atoms. The highest BCUT2D eigenvalue weighted by Crippen LogP contribution is 2.35. The fourth-order valence-corrected chi connectivity index (χ4v) is 4.01. The lowest BCUT2D eigenvalue weighted by Gasteiger charge is -2.11. The van der Waals surface area contributed by atoms with Crippen LogP contribution in [0.4, 0.5) is 5.69 Å². The van der Waals surface area contributed by atoms with Gasteiger partial charge in [-0.15, -0.1) is 0 Å². The molecule has 0 radical (unpaired) electrons. The lowest BCUT2D eigenvalue weighted by atomic mass is 10.0. The molecule has 0 bridgehead atoms. The van der Waals surface area contributed by atoms with Gasteiger partial charge in [-0.2, -0.15) is 0 Å². The van der Waals surface area contributed by atoms with Crippen molar-refractivity contribution in [2.24, 2.45) is 7.05 Å². The number of amides is 1. The molecule has 3 heterocycles. The number of aryl methyl sites for hydroxylation is 1. The van der Waals surface area contributed by atoms with E-state index in [1.165, 1.54) is 6.92 Å². The molecule has 2 N–H and O–H groups in total. The summed E-state index contributed by atoms with van der Waals surface area (Å²) in [4.78, 5) is 26.9. The summed E-state index contributed by atoms with van der Waals surface area (Å²) in [5, 5.41) is 4.75. The molecule has 6 nitrogen and oxygen atoms in total. The van der Waals surface area contributed by atoms with Gasteiger partial charge >= 0.3 is 0 Å². The Morgan fingerprint density at radius 1 is 1.23 bits per heavy atom. The number of fused-ring (bicyclic) bond motifs is 2. The Morgan fingerprint density at radius 3 is 2.74 bits per heavy atom. The van der Waals surface area contributed by atoms with Crippen molar-refractivity contribution in [3.63, 3.8) is 0 Å². The number of benzene rings is 1. The Morgan fingerprint density at radius 2 is 2.03 bits per heavy atom. The molecule has 0 atom stereocenters. The predicted molar refractivity (Wildman–Crippen MR) is 127 cm³/mol. The van der Waals surface area contributed by atoms with Crippen LogP contribution in [0.25, 0.3) is 32.9 Å². The number of nitrogens with one attached hydrogen (secondary N) is 2. The molecule has 3 aromatic heterocycles. The number of hydrogen-bond acceptors (Lipinski definition) is 2. The van der Waals surface area contributed by atoms with Gasteiger partial charge in [-0.1, -0.05) is 31.4 Å². The second-order valence-electron chi connectivity index (χ2n) is 7.49. The molecule has 0 aliphatic rings. The van der Waals surface area contributed by atoms with Crippen LogP contribution in [0.2, 0.25) is 0 Å². The molecule has 0 aliphatic heterocycles. The number of pyridine rings is 1. The largest absolute Gasteiger partial charge is 0.345 e. The molecule has 156 valence electrons. The van der Waals surface area contributed by atoms with Crippen LogP contribution in [0.1, 0.15) is 6.92 Å². The molecule has 31 heavy (non-hydrogen) atoms. The summed E-state index contributed by atoms with van der Waals surface area (Å²) in [7, 11) is 1.85. The summed E-state index contributed by atoms with van der Waals surface area (Å²) >= 11 is 0. The normalized spacial score (nSPS) is 11.7. The van der Waals surface area contributed by atoms with E-state index < -0.39 is 0 Å². The first kappa shape index (κ1) is 20.2. The molecule has 1 amide bonds. The van der Waals surface area contributed by atoms with Crippen LogP contribution in [0.15, 0.2) is 84.6 Å². The molecule has 0 fully saturated rings. The average molecular weight is 412 g/mol. The Bertz CT molecular complexity index is 1430. The number of anilines is 1. The minimum Gasteiger partial charge on any atom is -0.345 e. The summed E-state index contributed by atoms with van der Waals surface area (Å²) < 4.78 is 3.94. The van der Waals surface area contributed by atoms with E-state index in [1.807, 2.05) is 54.4 Å². The van der Waals surface area contributed by atoms with E-state index in [4.69, 9.17) is 0 Å². The molecule has 4 aromatic rings. The molecule has 4 rings (SSSR count). The Labute approximate surface area is 179 Å². The summed E-state index contributed by atoms with van der Waals surface area (Å²) in [6, 6.07) is 7.94. The zero-order valence-electron chi connectivity index (χ0n) is 17.6. The zero-order chi connectivity index (χ0) is 22.1. The highest BCUT2D eigenvalue weighted by Gasteiger charge is 2.15. The highest BCUT2D eigenvalue weighted by molar-refractivity contribution is 6.05. The summed E-state index contributed by atoms with van der Waals surface area (Å²) in [6.07, 6.45) is 11.1. The average Bonchev–Trinajstić information content (AvgIpc) is 3.29. The molecular weight excluding hydrogens is 388 g/mol. The molecule has 1 aromatic carbocycles. The number of allylic oxidation sites excluding steroid dienone is 4. The van der Waals surface area contributed by atoms with E-state index in [0.717, 1.165) is 38.7 Å². The van der Waals surface area contributed by atoms with Crippen LogP contribution in [0.5, 0.6) is 0 Å². The van der Waals surface area contributed by atoms with E-state index in [2.05, 4.69) is 34.1 Å². The van der Waals surface area contributed by atoms with Gasteiger partial charge in [0, 0.05) is 55.4 Å². The SMILES string of the molecule is C=C/C=C(\C=C)Cn1ccc2c(NC(C)=O)cc(-c3cn(C)c4c(=O)[nH]ccc34)cc21. The summed E-state index contributed by atoms with van der Waals surface area (Å²) in [5.41, 5.74) is 5.04. The monoisotopic (exact) mass is 412 g/mol. The van der Waals surface area contributed by atoms with Crippen LogP contribution in [-0.4, -0.2) is 20.0 Å². The van der Waals surface area contributed by atoms with Gasteiger partial charge in [0.1, 0.15) is 5.52 Å². The Balaban J connectivity index is 1.97. The van der Waals surface area contributed by atoms with Gasteiger partial charge in [-0.05, 0) is 35.4 Å². The van der Waals surface area contributed by atoms with Crippen LogP contribution in [-0.2, 0) is 18.4 Å². The third-order valence-corrected chi connectivity index (χ3v) is 5.36. The molecule has 0 unspecified atom stereocenters. The van der Waals surface area contributed by atoms with Gasteiger partial charge in [0.15, 0.2) is 0 Å². The van der Waals surface area contributed by atoms with E-state index in [1.54, 1.807) is 12.3 Å².